The Morgan fingerprint density at radius 3 is 2.83 bits per heavy atom. The number of rotatable bonds is 1. The zero-order chi connectivity index (χ0) is 16.1. The summed E-state index contributed by atoms with van der Waals surface area (Å²) in [6.45, 7) is 0. The topological polar surface area (TPSA) is 50.2 Å². The first-order valence-corrected chi connectivity index (χ1v) is 9.32. The SMILES string of the molecule is O=c1c2c3c([nH]c2nc2ccccn12)CCC(C1CCCCC1)C3. The Balaban J connectivity index is 1.63. The Bertz CT molecular complexity index is 962. The molecule has 3 aromatic heterocycles. The highest BCUT2D eigenvalue weighted by atomic mass is 16.1. The Hall–Kier alpha value is -2.10. The van der Waals surface area contributed by atoms with Crippen LogP contribution in [0.5, 0.6) is 0 Å². The standard InChI is InChI=1S/C20H23N3O/c24-20-18-15-12-14(13-6-2-1-3-7-13)9-10-16(15)21-19(18)22-17-8-4-5-11-23(17)20/h4-5,8,11,13-14,21H,1-3,6-7,9-10,12H2. The third-order valence-corrected chi connectivity index (χ3v) is 6.22. The zero-order valence-electron chi connectivity index (χ0n) is 13.9. The second kappa shape index (κ2) is 5.47. The van der Waals surface area contributed by atoms with Gasteiger partial charge in [0.05, 0.1) is 5.39 Å². The number of aromatic amines is 1. The Morgan fingerprint density at radius 2 is 1.96 bits per heavy atom. The van der Waals surface area contributed by atoms with Gasteiger partial charge in [-0.1, -0.05) is 38.2 Å². The summed E-state index contributed by atoms with van der Waals surface area (Å²) >= 11 is 0. The third kappa shape index (κ3) is 2.12. The van der Waals surface area contributed by atoms with Crippen LogP contribution in [0.4, 0.5) is 0 Å². The molecule has 1 unspecified atom stereocenters. The van der Waals surface area contributed by atoms with Crippen LogP contribution in [0.2, 0.25) is 0 Å². The van der Waals surface area contributed by atoms with Crippen molar-refractivity contribution in [2.45, 2.75) is 51.4 Å². The molecule has 0 spiro atoms. The summed E-state index contributed by atoms with van der Waals surface area (Å²) in [7, 11) is 0. The van der Waals surface area contributed by atoms with Gasteiger partial charge in [0.2, 0.25) is 0 Å². The Kier molecular flexibility index (Phi) is 3.25. The van der Waals surface area contributed by atoms with E-state index in [2.05, 4.69) is 9.97 Å². The van der Waals surface area contributed by atoms with Gasteiger partial charge in [0, 0.05) is 11.9 Å². The number of hydrogen-bond donors (Lipinski definition) is 1. The molecule has 1 atom stereocenters. The fourth-order valence-electron chi connectivity index (χ4n) is 4.96. The molecule has 0 amide bonds. The van der Waals surface area contributed by atoms with E-state index in [9.17, 15) is 4.79 Å². The molecule has 1 N–H and O–H groups in total. The number of aryl methyl sites for hydroxylation is 1. The number of nitrogens with one attached hydrogen (secondary N) is 1. The maximum Gasteiger partial charge on any atom is 0.267 e. The van der Waals surface area contributed by atoms with Crippen molar-refractivity contribution >= 4 is 16.7 Å². The van der Waals surface area contributed by atoms with Crippen molar-refractivity contribution < 1.29 is 0 Å². The number of pyridine rings is 1. The fourth-order valence-corrected chi connectivity index (χ4v) is 4.96. The molecule has 24 heavy (non-hydrogen) atoms. The van der Waals surface area contributed by atoms with Crippen LogP contribution in [-0.4, -0.2) is 14.4 Å². The molecule has 3 heterocycles. The molecule has 2 aliphatic rings. The first-order chi connectivity index (χ1) is 11.8. The predicted molar refractivity (Wildman–Crippen MR) is 95.4 cm³/mol. The van der Waals surface area contributed by atoms with Gasteiger partial charge in [0.1, 0.15) is 11.3 Å². The first kappa shape index (κ1) is 14.3. The van der Waals surface area contributed by atoms with E-state index in [-0.39, 0.29) is 5.56 Å². The van der Waals surface area contributed by atoms with Gasteiger partial charge in [0.25, 0.3) is 5.56 Å². The average molecular weight is 321 g/mol. The molecular formula is C20H23N3O. The van der Waals surface area contributed by atoms with Gasteiger partial charge < -0.3 is 4.98 Å². The molecule has 1 saturated carbocycles. The Labute approximate surface area is 140 Å². The van der Waals surface area contributed by atoms with Crippen molar-refractivity contribution in [3.63, 3.8) is 0 Å². The van der Waals surface area contributed by atoms with Gasteiger partial charge in [-0.3, -0.25) is 9.20 Å². The summed E-state index contributed by atoms with van der Waals surface area (Å²) in [5.74, 6) is 1.60. The minimum atomic E-state index is 0.0809. The van der Waals surface area contributed by atoms with Gasteiger partial charge in [-0.2, -0.15) is 0 Å². The molecule has 3 aromatic rings. The van der Waals surface area contributed by atoms with E-state index < -0.39 is 0 Å². The van der Waals surface area contributed by atoms with Crippen molar-refractivity contribution in [1.29, 1.82) is 0 Å². The van der Waals surface area contributed by atoms with Gasteiger partial charge in [-0.15, -0.1) is 0 Å². The maximum absolute atomic E-state index is 13.0. The number of hydrogen-bond acceptors (Lipinski definition) is 2. The summed E-state index contributed by atoms with van der Waals surface area (Å²) in [4.78, 5) is 21.1. The second-order valence-electron chi connectivity index (χ2n) is 7.55. The molecule has 2 aliphatic carbocycles. The quantitative estimate of drug-likeness (QED) is 0.740. The van der Waals surface area contributed by atoms with Crippen LogP contribution < -0.4 is 5.56 Å². The molecule has 4 nitrogen and oxygen atoms in total. The van der Waals surface area contributed by atoms with E-state index in [1.807, 2.05) is 24.4 Å². The lowest BCUT2D eigenvalue weighted by molar-refractivity contribution is 0.228. The number of fused-ring (bicyclic) bond motifs is 4. The van der Waals surface area contributed by atoms with E-state index in [1.165, 1.54) is 49.8 Å². The largest absolute Gasteiger partial charge is 0.343 e. The molecule has 124 valence electrons. The molecule has 5 rings (SSSR count). The minimum Gasteiger partial charge on any atom is -0.343 e. The van der Waals surface area contributed by atoms with Crippen LogP contribution in [0, 0.1) is 11.8 Å². The van der Waals surface area contributed by atoms with E-state index >= 15 is 0 Å². The monoisotopic (exact) mass is 321 g/mol. The molecule has 1 fully saturated rings. The maximum atomic E-state index is 13.0. The second-order valence-corrected chi connectivity index (χ2v) is 7.55. The lowest BCUT2D eigenvalue weighted by Crippen LogP contribution is -2.25. The van der Waals surface area contributed by atoms with Gasteiger partial charge >= 0.3 is 0 Å². The van der Waals surface area contributed by atoms with Crippen LogP contribution in [0.15, 0.2) is 29.2 Å². The fraction of sp³-hybridized carbons (Fsp3) is 0.500. The van der Waals surface area contributed by atoms with Crippen molar-refractivity contribution in [1.82, 2.24) is 14.4 Å². The summed E-state index contributed by atoms with van der Waals surface area (Å²) in [5.41, 5.74) is 4.08. The van der Waals surface area contributed by atoms with Crippen LogP contribution >= 0.6 is 0 Å². The molecule has 0 aromatic carbocycles. The lowest BCUT2D eigenvalue weighted by atomic mass is 9.73. The summed E-state index contributed by atoms with van der Waals surface area (Å²) in [5, 5.41) is 0.828. The van der Waals surface area contributed by atoms with Crippen LogP contribution in [0.3, 0.4) is 0 Å². The average Bonchev–Trinajstić information content (AvgIpc) is 3.00. The number of aromatic nitrogens is 3. The number of nitrogens with zero attached hydrogens (tertiary/aromatic N) is 2. The predicted octanol–water partition coefficient (Wildman–Crippen LogP) is 3.86. The van der Waals surface area contributed by atoms with Crippen LogP contribution in [0.1, 0.15) is 49.8 Å². The van der Waals surface area contributed by atoms with Crippen LogP contribution in [-0.2, 0) is 12.8 Å². The highest BCUT2D eigenvalue weighted by Gasteiger charge is 2.30. The Morgan fingerprint density at radius 1 is 1.08 bits per heavy atom. The summed E-state index contributed by atoms with van der Waals surface area (Å²) in [6, 6.07) is 5.72. The van der Waals surface area contributed by atoms with Crippen molar-refractivity contribution in [3.8, 4) is 0 Å². The molecule has 0 aliphatic heterocycles. The molecule has 0 bridgehead atoms. The summed E-state index contributed by atoms with van der Waals surface area (Å²) in [6.07, 6.45) is 12.1. The molecule has 0 saturated heterocycles. The van der Waals surface area contributed by atoms with Crippen LogP contribution in [0.25, 0.3) is 16.7 Å². The van der Waals surface area contributed by atoms with E-state index in [1.54, 1.807) is 4.40 Å². The molecule has 4 heteroatoms. The molecule has 0 radical (unpaired) electrons. The van der Waals surface area contributed by atoms with Gasteiger partial charge in [-0.05, 0) is 48.8 Å². The minimum absolute atomic E-state index is 0.0809. The molecular weight excluding hydrogens is 298 g/mol. The summed E-state index contributed by atoms with van der Waals surface area (Å²) < 4.78 is 1.68. The number of H-pyrrole nitrogens is 1. The highest BCUT2D eigenvalue weighted by molar-refractivity contribution is 5.82. The van der Waals surface area contributed by atoms with E-state index in [0.29, 0.717) is 0 Å². The van der Waals surface area contributed by atoms with Crippen molar-refractivity contribution in [2.24, 2.45) is 11.8 Å². The smallest absolute Gasteiger partial charge is 0.267 e. The van der Waals surface area contributed by atoms with Crippen molar-refractivity contribution in [2.75, 3.05) is 0 Å². The third-order valence-electron chi connectivity index (χ3n) is 6.22. The lowest BCUT2D eigenvalue weighted by Gasteiger charge is -2.33. The van der Waals surface area contributed by atoms with E-state index in [0.717, 1.165) is 41.4 Å². The van der Waals surface area contributed by atoms with E-state index in [4.69, 9.17) is 0 Å². The highest BCUT2D eigenvalue weighted by Crippen LogP contribution is 2.39. The zero-order valence-corrected chi connectivity index (χ0v) is 13.9. The first-order valence-electron chi connectivity index (χ1n) is 9.32. The normalized spacial score (nSPS) is 22.1. The van der Waals surface area contributed by atoms with Crippen molar-refractivity contribution in [3.05, 3.63) is 46.0 Å². The van der Waals surface area contributed by atoms with Gasteiger partial charge in [0.15, 0.2) is 0 Å². The van der Waals surface area contributed by atoms with Gasteiger partial charge in [-0.25, -0.2) is 4.98 Å².